The van der Waals surface area contributed by atoms with Gasteiger partial charge in [0.05, 0.1) is 24.4 Å². The Labute approximate surface area is 118 Å². The second-order valence-electron chi connectivity index (χ2n) is 5.26. The number of anilines is 1. The summed E-state index contributed by atoms with van der Waals surface area (Å²) < 4.78 is 7.45. The maximum atomic E-state index is 10.7. The first-order valence-electron chi connectivity index (χ1n) is 6.73. The van der Waals surface area contributed by atoms with E-state index in [0.29, 0.717) is 6.61 Å². The van der Waals surface area contributed by atoms with Crippen LogP contribution in [0.1, 0.15) is 25.1 Å². The predicted octanol–water partition coefficient (Wildman–Crippen LogP) is 1.44. The Morgan fingerprint density at radius 3 is 2.85 bits per heavy atom. The molecule has 1 aromatic heterocycles. The molecule has 2 unspecified atom stereocenters. The van der Waals surface area contributed by atoms with Crippen molar-refractivity contribution in [3.8, 4) is 0 Å². The zero-order valence-corrected chi connectivity index (χ0v) is 12.3. The van der Waals surface area contributed by atoms with E-state index >= 15 is 0 Å². The van der Waals surface area contributed by atoms with Crippen LogP contribution in [0.15, 0.2) is 6.08 Å². The van der Waals surface area contributed by atoms with Gasteiger partial charge in [-0.25, -0.2) is 4.79 Å². The fourth-order valence-electron chi connectivity index (χ4n) is 2.55. The fraction of sp³-hybridized carbons (Fsp3) is 0.571. The first-order valence-corrected chi connectivity index (χ1v) is 6.73. The van der Waals surface area contributed by atoms with E-state index in [2.05, 4.69) is 16.9 Å². The second-order valence-corrected chi connectivity index (χ2v) is 5.26. The Kier molecular flexibility index (Phi) is 4.13. The minimum atomic E-state index is -0.956. The summed E-state index contributed by atoms with van der Waals surface area (Å²) in [5, 5.41) is 13.2. The first kappa shape index (κ1) is 14.6. The van der Waals surface area contributed by atoms with Gasteiger partial charge in [-0.3, -0.25) is 4.68 Å². The van der Waals surface area contributed by atoms with E-state index in [9.17, 15) is 4.79 Å². The van der Waals surface area contributed by atoms with Crippen molar-refractivity contribution < 1.29 is 14.6 Å². The number of aliphatic carboxylic acids is 1. The normalized spacial score (nSPS) is 23.5. The monoisotopic (exact) mass is 279 g/mol. The van der Waals surface area contributed by atoms with E-state index in [1.807, 2.05) is 25.6 Å². The minimum Gasteiger partial charge on any atom is -0.478 e. The Morgan fingerprint density at radius 1 is 1.50 bits per heavy atom. The van der Waals surface area contributed by atoms with Crippen molar-refractivity contribution in [2.45, 2.75) is 32.9 Å². The highest BCUT2D eigenvalue weighted by Crippen LogP contribution is 2.28. The number of carbonyl (C=O) groups is 1. The Morgan fingerprint density at radius 2 is 2.20 bits per heavy atom. The molecule has 2 heterocycles. The standard InChI is InChI=1S/C14H21N3O3/c1-9-8-20-10(2)7-17(9)14-12(5-6-13(18)19)11(3)15-16(14)4/h5-6,9-10H,7-8H2,1-4H3,(H,18,19)/b6-5+. The quantitative estimate of drug-likeness (QED) is 0.848. The van der Waals surface area contributed by atoms with Gasteiger partial charge in [-0.15, -0.1) is 0 Å². The van der Waals surface area contributed by atoms with Crippen LogP contribution in [0.3, 0.4) is 0 Å². The molecule has 0 aliphatic carbocycles. The summed E-state index contributed by atoms with van der Waals surface area (Å²) in [7, 11) is 1.88. The molecule has 110 valence electrons. The first-order chi connectivity index (χ1) is 9.40. The summed E-state index contributed by atoms with van der Waals surface area (Å²) in [5.74, 6) is -0.00903. The van der Waals surface area contributed by atoms with E-state index in [1.165, 1.54) is 0 Å². The van der Waals surface area contributed by atoms with Crippen molar-refractivity contribution in [3.63, 3.8) is 0 Å². The highest BCUT2D eigenvalue weighted by atomic mass is 16.5. The molecule has 0 aromatic carbocycles. The highest BCUT2D eigenvalue weighted by Gasteiger charge is 2.28. The molecule has 0 radical (unpaired) electrons. The number of nitrogens with zero attached hydrogens (tertiary/aromatic N) is 3. The van der Waals surface area contributed by atoms with Gasteiger partial charge in [0.1, 0.15) is 5.82 Å². The van der Waals surface area contributed by atoms with E-state index in [0.717, 1.165) is 29.7 Å². The molecular weight excluding hydrogens is 258 g/mol. The molecular formula is C14H21N3O3. The number of hydrogen-bond donors (Lipinski definition) is 1. The largest absolute Gasteiger partial charge is 0.478 e. The molecule has 20 heavy (non-hydrogen) atoms. The maximum Gasteiger partial charge on any atom is 0.328 e. The summed E-state index contributed by atoms with van der Waals surface area (Å²) >= 11 is 0. The Hall–Kier alpha value is -1.82. The number of aromatic nitrogens is 2. The number of rotatable bonds is 3. The molecule has 2 atom stereocenters. The third-order valence-corrected chi connectivity index (χ3v) is 3.51. The number of aryl methyl sites for hydroxylation is 2. The van der Waals surface area contributed by atoms with E-state index in [-0.39, 0.29) is 12.1 Å². The molecule has 0 amide bonds. The van der Waals surface area contributed by atoms with Crippen molar-refractivity contribution in [1.29, 1.82) is 0 Å². The van der Waals surface area contributed by atoms with Crippen LogP contribution in [0.2, 0.25) is 0 Å². The van der Waals surface area contributed by atoms with Crippen molar-refractivity contribution >= 4 is 17.9 Å². The SMILES string of the molecule is Cc1nn(C)c(N2CC(C)OCC2C)c1/C=C/C(=O)O. The molecule has 6 heteroatoms. The number of carboxylic acids is 1. The smallest absolute Gasteiger partial charge is 0.328 e. The molecule has 1 saturated heterocycles. The molecule has 0 spiro atoms. The lowest BCUT2D eigenvalue weighted by molar-refractivity contribution is -0.131. The van der Waals surface area contributed by atoms with Gasteiger partial charge in [-0.05, 0) is 26.8 Å². The van der Waals surface area contributed by atoms with Gasteiger partial charge in [0.2, 0.25) is 0 Å². The third-order valence-electron chi connectivity index (χ3n) is 3.51. The number of morpholine rings is 1. The van der Waals surface area contributed by atoms with Crippen molar-refractivity contribution in [1.82, 2.24) is 9.78 Å². The van der Waals surface area contributed by atoms with E-state index < -0.39 is 5.97 Å². The second kappa shape index (κ2) is 5.66. The summed E-state index contributed by atoms with van der Waals surface area (Å²) in [6.07, 6.45) is 2.92. The molecule has 1 aliphatic heterocycles. The number of hydrogen-bond acceptors (Lipinski definition) is 4. The molecule has 1 fully saturated rings. The summed E-state index contributed by atoms with van der Waals surface area (Å²) in [6, 6.07) is 0.234. The Balaban J connectivity index is 2.41. The van der Waals surface area contributed by atoms with Gasteiger partial charge in [0.15, 0.2) is 0 Å². The lowest BCUT2D eigenvalue weighted by Gasteiger charge is -2.38. The minimum absolute atomic E-state index is 0.151. The molecule has 0 saturated carbocycles. The van der Waals surface area contributed by atoms with Crippen LogP contribution in [-0.4, -0.2) is 46.2 Å². The molecule has 0 bridgehead atoms. The van der Waals surface area contributed by atoms with Crippen molar-refractivity contribution in [2.75, 3.05) is 18.1 Å². The fourth-order valence-corrected chi connectivity index (χ4v) is 2.55. The highest BCUT2D eigenvalue weighted by molar-refractivity contribution is 5.87. The molecule has 2 rings (SSSR count). The van der Waals surface area contributed by atoms with Gasteiger partial charge in [-0.1, -0.05) is 0 Å². The van der Waals surface area contributed by atoms with E-state index in [4.69, 9.17) is 9.84 Å². The lowest BCUT2D eigenvalue weighted by atomic mass is 10.1. The average Bonchev–Trinajstić information content (AvgIpc) is 2.64. The van der Waals surface area contributed by atoms with E-state index in [1.54, 1.807) is 6.08 Å². The van der Waals surface area contributed by atoms with Crippen LogP contribution in [0.5, 0.6) is 0 Å². The van der Waals surface area contributed by atoms with Crippen LogP contribution in [0.25, 0.3) is 6.08 Å². The predicted molar refractivity (Wildman–Crippen MR) is 76.8 cm³/mol. The average molecular weight is 279 g/mol. The van der Waals surface area contributed by atoms with Gasteiger partial charge < -0.3 is 14.7 Å². The molecule has 6 nitrogen and oxygen atoms in total. The van der Waals surface area contributed by atoms with Gasteiger partial charge >= 0.3 is 5.97 Å². The topological polar surface area (TPSA) is 67.6 Å². The molecule has 1 aliphatic rings. The van der Waals surface area contributed by atoms with Gasteiger partial charge in [0, 0.05) is 25.2 Å². The van der Waals surface area contributed by atoms with Crippen LogP contribution in [-0.2, 0) is 16.6 Å². The van der Waals surface area contributed by atoms with Crippen LogP contribution >= 0.6 is 0 Å². The zero-order chi connectivity index (χ0) is 14.9. The summed E-state index contributed by atoms with van der Waals surface area (Å²) in [6.45, 7) is 7.45. The van der Waals surface area contributed by atoms with Crippen LogP contribution < -0.4 is 4.90 Å². The van der Waals surface area contributed by atoms with Gasteiger partial charge in [-0.2, -0.15) is 5.10 Å². The third kappa shape index (κ3) is 2.85. The lowest BCUT2D eigenvalue weighted by Crippen LogP contribution is -2.48. The summed E-state index contributed by atoms with van der Waals surface area (Å²) in [5.41, 5.74) is 1.68. The van der Waals surface area contributed by atoms with Crippen LogP contribution in [0, 0.1) is 6.92 Å². The van der Waals surface area contributed by atoms with Crippen LogP contribution in [0.4, 0.5) is 5.82 Å². The maximum absolute atomic E-state index is 10.7. The molecule has 1 N–H and O–H groups in total. The van der Waals surface area contributed by atoms with Crippen molar-refractivity contribution in [2.24, 2.45) is 7.05 Å². The molecule has 1 aromatic rings. The number of carboxylic acid groups (broad SMARTS) is 1. The Bertz CT molecular complexity index is 536. The zero-order valence-electron chi connectivity index (χ0n) is 12.3. The number of ether oxygens (including phenoxy) is 1. The summed E-state index contributed by atoms with van der Waals surface area (Å²) in [4.78, 5) is 13.0. The van der Waals surface area contributed by atoms with Crippen molar-refractivity contribution in [3.05, 3.63) is 17.3 Å². The van der Waals surface area contributed by atoms with Gasteiger partial charge in [0.25, 0.3) is 0 Å².